The zero-order chi connectivity index (χ0) is 17.8. The van der Waals surface area contributed by atoms with Gasteiger partial charge in [0.05, 0.1) is 11.5 Å². The molecule has 0 spiro atoms. The molecule has 0 aromatic heterocycles. The third kappa shape index (κ3) is 7.35. The maximum absolute atomic E-state index is 12.6. The molecule has 0 aliphatic carbocycles. The van der Waals surface area contributed by atoms with Crippen LogP contribution in [0.25, 0.3) is 0 Å². The van der Waals surface area contributed by atoms with Gasteiger partial charge in [-0.1, -0.05) is 71.4 Å². The maximum atomic E-state index is 12.6. The molecule has 0 atom stereocenters. The fraction of sp³-hybridized carbons (Fsp3) is 0.700. The molecule has 0 fully saturated rings. The average molecular weight is 355 g/mol. The fourth-order valence-corrected chi connectivity index (χ4v) is 4.07. The van der Waals surface area contributed by atoms with Crippen LogP contribution < -0.4 is 0 Å². The van der Waals surface area contributed by atoms with Crippen molar-refractivity contribution in [3.05, 3.63) is 29.3 Å². The quantitative estimate of drug-likeness (QED) is 0.339. The van der Waals surface area contributed by atoms with Gasteiger partial charge in [-0.25, -0.2) is 0 Å². The maximum Gasteiger partial charge on any atom is 0.297 e. The standard InChI is InChI=1S/C20H34O3S/c1-4-7-9-10-11-12-16-23-24(21,22)20-17-18(13-8-5-2)14-15-19(20)6-3/h14-15,17H,4-13,16H2,1-3H3. The van der Waals surface area contributed by atoms with Crippen LogP contribution in [0.15, 0.2) is 23.1 Å². The molecule has 0 amide bonds. The highest BCUT2D eigenvalue weighted by atomic mass is 32.2. The molecule has 3 nitrogen and oxygen atoms in total. The van der Waals surface area contributed by atoms with Crippen molar-refractivity contribution in [2.75, 3.05) is 6.61 Å². The Kier molecular flexibility index (Phi) is 10.3. The molecule has 0 unspecified atom stereocenters. The Hall–Kier alpha value is -0.870. The van der Waals surface area contributed by atoms with Gasteiger partial charge >= 0.3 is 0 Å². The van der Waals surface area contributed by atoms with Gasteiger partial charge in [-0.05, 0) is 42.9 Å². The average Bonchev–Trinajstić information content (AvgIpc) is 2.59. The van der Waals surface area contributed by atoms with Gasteiger partial charge in [0, 0.05) is 0 Å². The lowest BCUT2D eigenvalue weighted by Gasteiger charge is -2.12. The fourth-order valence-electron chi connectivity index (χ4n) is 2.77. The number of hydrogen-bond acceptors (Lipinski definition) is 3. The van der Waals surface area contributed by atoms with Crippen LogP contribution in [0.4, 0.5) is 0 Å². The van der Waals surface area contributed by atoms with Crippen LogP contribution in [-0.4, -0.2) is 15.0 Å². The number of unbranched alkanes of at least 4 members (excludes halogenated alkanes) is 6. The van der Waals surface area contributed by atoms with Crippen molar-refractivity contribution in [1.82, 2.24) is 0 Å². The Morgan fingerprint density at radius 2 is 1.54 bits per heavy atom. The molecule has 1 aromatic rings. The van der Waals surface area contributed by atoms with E-state index in [0.717, 1.165) is 49.7 Å². The molecular weight excluding hydrogens is 320 g/mol. The molecule has 0 aliphatic rings. The van der Waals surface area contributed by atoms with Gasteiger partial charge in [0.2, 0.25) is 0 Å². The third-order valence-electron chi connectivity index (χ3n) is 4.34. The number of aryl methyl sites for hydroxylation is 2. The SMILES string of the molecule is CCCCCCCCOS(=O)(=O)c1cc(CCCC)ccc1CC. The van der Waals surface area contributed by atoms with Gasteiger partial charge in [-0.3, -0.25) is 4.18 Å². The summed E-state index contributed by atoms with van der Waals surface area (Å²) in [6, 6.07) is 5.79. The van der Waals surface area contributed by atoms with E-state index in [0.29, 0.717) is 11.3 Å². The van der Waals surface area contributed by atoms with E-state index in [1.807, 2.05) is 25.1 Å². The molecule has 4 heteroatoms. The van der Waals surface area contributed by atoms with Crippen LogP contribution in [0.3, 0.4) is 0 Å². The van der Waals surface area contributed by atoms with Gasteiger partial charge in [0.15, 0.2) is 0 Å². The van der Waals surface area contributed by atoms with Crippen molar-refractivity contribution in [3.8, 4) is 0 Å². The first-order valence-electron chi connectivity index (χ1n) is 9.56. The summed E-state index contributed by atoms with van der Waals surface area (Å²) in [4.78, 5) is 0.365. The second-order valence-electron chi connectivity index (χ2n) is 6.44. The van der Waals surface area contributed by atoms with Crippen LogP contribution in [0, 0.1) is 0 Å². The van der Waals surface area contributed by atoms with Gasteiger partial charge in [0.1, 0.15) is 0 Å². The second-order valence-corrected chi connectivity index (χ2v) is 8.03. The zero-order valence-electron chi connectivity index (χ0n) is 15.6. The summed E-state index contributed by atoms with van der Waals surface area (Å²) < 4.78 is 30.4. The zero-order valence-corrected chi connectivity index (χ0v) is 16.5. The van der Waals surface area contributed by atoms with Crippen molar-refractivity contribution in [1.29, 1.82) is 0 Å². The molecule has 0 radical (unpaired) electrons. The molecular formula is C20H34O3S. The topological polar surface area (TPSA) is 43.4 Å². The molecule has 0 saturated heterocycles. The Labute approximate surface area is 148 Å². The smallest absolute Gasteiger partial charge is 0.266 e. The lowest BCUT2D eigenvalue weighted by molar-refractivity contribution is 0.306. The van der Waals surface area contributed by atoms with Gasteiger partial charge in [-0.2, -0.15) is 8.42 Å². The van der Waals surface area contributed by atoms with E-state index in [1.54, 1.807) is 0 Å². The summed E-state index contributed by atoms with van der Waals surface area (Å²) in [5.74, 6) is 0. The van der Waals surface area contributed by atoms with E-state index in [-0.39, 0.29) is 6.61 Å². The number of hydrogen-bond donors (Lipinski definition) is 0. The van der Waals surface area contributed by atoms with Crippen molar-refractivity contribution >= 4 is 10.1 Å². The van der Waals surface area contributed by atoms with E-state index in [9.17, 15) is 8.42 Å². The normalized spacial score (nSPS) is 11.8. The first-order valence-corrected chi connectivity index (χ1v) is 11.0. The van der Waals surface area contributed by atoms with Crippen LogP contribution in [-0.2, 0) is 27.1 Å². The minimum atomic E-state index is -3.65. The minimum Gasteiger partial charge on any atom is -0.266 e. The summed E-state index contributed by atoms with van der Waals surface area (Å²) in [6.45, 7) is 6.60. The second kappa shape index (κ2) is 11.6. The Bertz CT molecular complexity index is 564. The van der Waals surface area contributed by atoms with E-state index in [1.165, 1.54) is 19.3 Å². The van der Waals surface area contributed by atoms with E-state index >= 15 is 0 Å². The third-order valence-corrected chi connectivity index (χ3v) is 5.73. The Morgan fingerprint density at radius 1 is 0.875 bits per heavy atom. The number of benzene rings is 1. The molecule has 0 saturated carbocycles. The summed E-state index contributed by atoms with van der Waals surface area (Å²) >= 11 is 0. The molecule has 1 rings (SSSR count). The Morgan fingerprint density at radius 3 is 2.21 bits per heavy atom. The van der Waals surface area contributed by atoms with Gasteiger partial charge in [0.25, 0.3) is 10.1 Å². The van der Waals surface area contributed by atoms with E-state index in [2.05, 4.69) is 13.8 Å². The summed E-state index contributed by atoms with van der Waals surface area (Å²) in [5, 5.41) is 0. The van der Waals surface area contributed by atoms with Crippen molar-refractivity contribution in [2.24, 2.45) is 0 Å². The van der Waals surface area contributed by atoms with Crippen LogP contribution in [0.5, 0.6) is 0 Å². The van der Waals surface area contributed by atoms with Gasteiger partial charge in [-0.15, -0.1) is 0 Å². The Balaban J connectivity index is 2.63. The van der Waals surface area contributed by atoms with Crippen molar-refractivity contribution in [3.63, 3.8) is 0 Å². The first-order chi connectivity index (χ1) is 11.5. The molecule has 24 heavy (non-hydrogen) atoms. The van der Waals surface area contributed by atoms with Crippen molar-refractivity contribution < 1.29 is 12.6 Å². The van der Waals surface area contributed by atoms with E-state index in [4.69, 9.17) is 4.18 Å². The van der Waals surface area contributed by atoms with Crippen LogP contribution in [0.1, 0.15) is 83.3 Å². The molecule has 1 aromatic carbocycles. The molecule has 0 heterocycles. The lowest BCUT2D eigenvalue weighted by Crippen LogP contribution is -2.11. The highest BCUT2D eigenvalue weighted by Crippen LogP contribution is 2.22. The van der Waals surface area contributed by atoms with Crippen LogP contribution in [0.2, 0.25) is 0 Å². The predicted molar refractivity (Wildman–Crippen MR) is 101 cm³/mol. The monoisotopic (exact) mass is 354 g/mol. The summed E-state index contributed by atoms with van der Waals surface area (Å²) in [7, 11) is -3.65. The largest absolute Gasteiger partial charge is 0.297 e. The molecule has 0 bridgehead atoms. The minimum absolute atomic E-state index is 0.288. The molecule has 138 valence electrons. The molecule has 0 N–H and O–H groups in total. The first kappa shape index (κ1) is 21.2. The highest BCUT2D eigenvalue weighted by Gasteiger charge is 2.19. The van der Waals surface area contributed by atoms with Crippen molar-refractivity contribution in [2.45, 2.75) is 89.9 Å². The summed E-state index contributed by atoms with van der Waals surface area (Å²) in [6.07, 6.45) is 10.5. The summed E-state index contributed by atoms with van der Waals surface area (Å²) in [5.41, 5.74) is 1.92. The van der Waals surface area contributed by atoms with Gasteiger partial charge < -0.3 is 0 Å². The molecule has 0 aliphatic heterocycles. The van der Waals surface area contributed by atoms with Crippen LogP contribution >= 0.6 is 0 Å². The predicted octanol–water partition coefficient (Wildman–Crippen LogP) is 5.66. The van der Waals surface area contributed by atoms with E-state index < -0.39 is 10.1 Å². The lowest BCUT2D eigenvalue weighted by atomic mass is 10.1. The highest BCUT2D eigenvalue weighted by molar-refractivity contribution is 7.86. The number of rotatable bonds is 13.